The molecule has 0 saturated heterocycles. The molecule has 0 spiro atoms. The molecule has 2 aromatic heterocycles. The summed E-state index contributed by atoms with van der Waals surface area (Å²) in [5, 5.41) is 16.8. The minimum atomic E-state index is -1.13. The molecule has 0 aliphatic carbocycles. The van der Waals surface area contributed by atoms with Gasteiger partial charge in [0.1, 0.15) is 5.52 Å². The Morgan fingerprint density at radius 3 is 2.89 bits per heavy atom. The van der Waals surface area contributed by atoms with Gasteiger partial charge in [-0.25, -0.2) is 9.78 Å². The molecule has 0 unspecified atom stereocenters. The van der Waals surface area contributed by atoms with E-state index in [-0.39, 0.29) is 5.69 Å². The van der Waals surface area contributed by atoms with Crippen LogP contribution in [0.1, 0.15) is 10.5 Å². The van der Waals surface area contributed by atoms with Crippen molar-refractivity contribution in [2.75, 3.05) is 0 Å². The maximum atomic E-state index is 10.8. The van der Waals surface area contributed by atoms with E-state index in [0.29, 0.717) is 11.3 Å². The normalized spacial score (nSPS) is 10.7. The van der Waals surface area contributed by atoms with Crippen LogP contribution in [0.3, 0.4) is 0 Å². The van der Waals surface area contributed by atoms with E-state index in [1.54, 1.807) is 0 Å². The van der Waals surface area contributed by atoms with Gasteiger partial charge in [0.25, 0.3) is 0 Å². The van der Waals surface area contributed by atoms with Crippen molar-refractivity contribution >= 4 is 17.0 Å². The van der Waals surface area contributed by atoms with Crippen LogP contribution < -0.4 is 0 Å². The van der Waals surface area contributed by atoms with Crippen molar-refractivity contribution in [1.82, 2.24) is 25.0 Å². The average molecular weight is 241 g/mol. The fraction of sp³-hybridized carbons (Fsp3) is 0. The van der Waals surface area contributed by atoms with Gasteiger partial charge in [0.2, 0.25) is 0 Å². The number of hydrogen-bond donors (Lipinski definition) is 1. The predicted octanol–water partition coefficient (Wildman–Crippen LogP) is 0.909. The standard InChI is InChI=1S/C11H7N5O2/c17-11(18)8-5-12-6-10(13-8)16-9-4-2-1-3-7(9)14-15-16/h1-6H,(H,17,18). The van der Waals surface area contributed by atoms with Crippen molar-refractivity contribution in [3.8, 4) is 5.82 Å². The summed E-state index contributed by atoms with van der Waals surface area (Å²) >= 11 is 0. The number of para-hydroxylation sites is 1. The van der Waals surface area contributed by atoms with Gasteiger partial charge in [0.15, 0.2) is 11.5 Å². The number of carbonyl (C=O) groups is 1. The van der Waals surface area contributed by atoms with Gasteiger partial charge in [0, 0.05) is 0 Å². The Hall–Kier alpha value is -2.83. The number of hydrogen-bond acceptors (Lipinski definition) is 5. The van der Waals surface area contributed by atoms with Crippen LogP contribution in [-0.2, 0) is 0 Å². The van der Waals surface area contributed by atoms with Crippen LogP contribution in [0.25, 0.3) is 16.9 Å². The van der Waals surface area contributed by atoms with E-state index in [9.17, 15) is 4.79 Å². The molecule has 3 aromatic rings. The number of aromatic nitrogens is 5. The Morgan fingerprint density at radius 1 is 1.22 bits per heavy atom. The van der Waals surface area contributed by atoms with E-state index in [2.05, 4.69) is 20.3 Å². The lowest BCUT2D eigenvalue weighted by molar-refractivity contribution is 0.0690. The molecule has 18 heavy (non-hydrogen) atoms. The van der Waals surface area contributed by atoms with Gasteiger partial charge < -0.3 is 5.11 Å². The van der Waals surface area contributed by atoms with Crippen molar-refractivity contribution < 1.29 is 9.90 Å². The zero-order valence-electron chi connectivity index (χ0n) is 9.06. The highest BCUT2D eigenvalue weighted by Gasteiger charge is 2.10. The average Bonchev–Trinajstić information content (AvgIpc) is 2.82. The predicted molar refractivity (Wildman–Crippen MR) is 61.4 cm³/mol. The Bertz CT molecular complexity index is 737. The first-order valence-corrected chi connectivity index (χ1v) is 5.12. The summed E-state index contributed by atoms with van der Waals surface area (Å²) in [6.45, 7) is 0. The molecule has 1 N–H and O–H groups in total. The first-order valence-electron chi connectivity index (χ1n) is 5.12. The van der Waals surface area contributed by atoms with Crippen molar-refractivity contribution in [3.63, 3.8) is 0 Å². The SMILES string of the molecule is O=C(O)c1cncc(-n2nnc3ccccc32)n1. The molecule has 0 aliphatic heterocycles. The molecule has 7 nitrogen and oxygen atoms in total. The molecule has 0 amide bonds. The van der Waals surface area contributed by atoms with E-state index in [1.165, 1.54) is 17.1 Å². The smallest absolute Gasteiger partial charge is 0.356 e. The fourth-order valence-corrected chi connectivity index (χ4v) is 1.60. The van der Waals surface area contributed by atoms with Crippen LogP contribution in [0.15, 0.2) is 36.7 Å². The second kappa shape index (κ2) is 3.88. The molecule has 7 heteroatoms. The first-order chi connectivity index (χ1) is 8.75. The van der Waals surface area contributed by atoms with Crippen molar-refractivity contribution in [2.24, 2.45) is 0 Å². The number of nitrogens with zero attached hydrogens (tertiary/aromatic N) is 5. The zero-order valence-corrected chi connectivity index (χ0v) is 9.06. The van der Waals surface area contributed by atoms with Gasteiger partial charge in [-0.1, -0.05) is 17.3 Å². The number of rotatable bonds is 2. The van der Waals surface area contributed by atoms with Gasteiger partial charge in [-0.3, -0.25) is 4.98 Å². The van der Waals surface area contributed by atoms with E-state index in [1.807, 2.05) is 24.3 Å². The third kappa shape index (κ3) is 1.58. The lowest BCUT2D eigenvalue weighted by Crippen LogP contribution is -2.07. The summed E-state index contributed by atoms with van der Waals surface area (Å²) in [6.07, 6.45) is 2.62. The lowest BCUT2D eigenvalue weighted by atomic mass is 10.3. The second-order valence-electron chi connectivity index (χ2n) is 3.56. The van der Waals surface area contributed by atoms with E-state index in [0.717, 1.165) is 5.52 Å². The largest absolute Gasteiger partial charge is 0.476 e. The molecule has 0 atom stereocenters. The zero-order chi connectivity index (χ0) is 12.5. The van der Waals surface area contributed by atoms with Gasteiger partial charge in [-0.15, -0.1) is 5.10 Å². The Labute approximate surface area is 101 Å². The molecule has 0 radical (unpaired) electrons. The summed E-state index contributed by atoms with van der Waals surface area (Å²) < 4.78 is 1.45. The van der Waals surface area contributed by atoms with Crippen molar-refractivity contribution in [2.45, 2.75) is 0 Å². The van der Waals surface area contributed by atoms with Crippen LogP contribution in [0.4, 0.5) is 0 Å². The Kier molecular flexibility index (Phi) is 2.23. The molecule has 0 saturated carbocycles. The topological polar surface area (TPSA) is 93.8 Å². The number of benzene rings is 1. The highest BCUT2D eigenvalue weighted by atomic mass is 16.4. The van der Waals surface area contributed by atoms with Gasteiger partial charge >= 0.3 is 5.97 Å². The number of carboxylic acid groups (broad SMARTS) is 1. The van der Waals surface area contributed by atoms with Crippen molar-refractivity contribution in [3.05, 3.63) is 42.4 Å². The van der Waals surface area contributed by atoms with Gasteiger partial charge in [0.05, 0.1) is 17.9 Å². The fourth-order valence-electron chi connectivity index (χ4n) is 1.60. The third-order valence-corrected chi connectivity index (χ3v) is 2.41. The minimum absolute atomic E-state index is 0.132. The van der Waals surface area contributed by atoms with Gasteiger partial charge in [-0.2, -0.15) is 4.68 Å². The number of carboxylic acids is 1. The van der Waals surface area contributed by atoms with Crippen LogP contribution in [-0.4, -0.2) is 36.0 Å². The summed E-state index contributed by atoms with van der Waals surface area (Å²) in [7, 11) is 0. The Balaban J connectivity index is 2.20. The molecule has 0 aliphatic rings. The summed E-state index contributed by atoms with van der Waals surface area (Å²) in [4.78, 5) is 18.6. The quantitative estimate of drug-likeness (QED) is 0.716. The number of fused-ring (bicyclic) bond motifs is 1. The Morgan fingerprint density at radius 2 is 2.06 bits per heavy atom. The maximum Gasteiger partial charge on any atom is 0.356 e. The highest BCUT2D eigenvalue weighted by Crippen LogP contribution is 2.13. The van der Waals surface area contributed by atoms with E-state index >= 15 is 0 Å². The monoisotopic (exact) mass is 241 g/mol. The second-order valence-corrected chi connectivity index (χ2v) is 3.56. The van der Waals surface area contributed by atoms with Crippen molar-refractivity contribution in [1.29, 1.82) is 0 Å². The van der Waals surface area contributed by atoms with Crippen LogP contribution in [0.5, 0.6) is 0 Å². The van der Waals surface area contributed by atoms with E-state index in [4.69, 9.17) is 5.11 Å². The first kappa shape index (κ1) is 10.3. The summed E-state index contributed by atoms with van der Waals surface area (Å²) in [6, 6.07) is 7.33. The van der Waals surface area contributed by atoms with Gasteiger partial charge in [-0.05, 0) is 12.1 Å². The molecular weight excluding hydrogens is 234 g/mol. The summed E-state index contributed by atoms with van der Waals surface area (Å²) in [5.41, 5.74) is 1.32. The van der Waals surface area contributed by atoms with Crippen LogP contribution in [0.2, 0.25) is 0 Å². The number of aromatic carboxylic acids is 1. The molecule has 1 aromatic carbocycles. The van der Waals surface area contributed by atoms with Crippen LogP contribution in [0, 0.1) is 0 Å². The minimum Gasteiger partial charge on any atom is -0.476 e. The highest BCUT2D eigenvalue weighted by molar-refractivity contribution is 5.85. The van der Waals surface area contributed by atoms with Crippen LogP contribution >= 0.6 is 0 Å². The molecular formula is C11H7N5O2. The molecule has 2 heterocycles. The van der Waals surface area contributed by atoms with E-state index < -0.39 is 5.97 Å². The lowest BCUT2D eigenvalue weighted by Gasteiger charge is -2.01. The third-order valence-electron chi connectivity index (χ3n) is 2.41. The molecule has 0 bridgehead atoms. The maximum absolute atomic E-state index is 10.8. The molecule has 0 fully saturated rings. The summed E-state index contributed by atoms with van der Waals surface area (Å²) in [5.74, 6) is -0.808. The molecule has 88 valence electrons. The molecule has 3 rings (SSSR count).